The van der Waals surface area contributed by atoms with Gasteiger partial charge >= 0.3 is 5.97 Å². The minimum Gasteiger partial charge on any atom is -0.469 e. The average molecular weight is 262 g/mol. The van der Waals surface area contributed by atoms with Gasteiger partial charge < -0.3 is 14.9 Å². The highest BCUT2D eigenvalue weighted by Gasteiger charge is 2.38. The molecule has 0 bridgehead atoms. The van der Waals surface area contributed by atoms with Crippen LogP contribution in [0.5, 0.6) is 0 Å². The number of furan rings is 1. The van der Waals surface area contributed by atoms with Crippen molar-refractivity contribution in [1.29, 1.82) is 0 Å². The van der Waals surface area contributed by atoms with Crippen LogP contribution in [0.1, 0.15) is 37.0 Å². The number of esters is 1. The van der Waals surface area contributed by atoms with E-state index >= 15 is 0 Å². The van der Waals surface area contributed by atoms with Crippen molar-refractivity contribution in [2.75, 3.05) is 7.11 Å². The van der Waals surface area contributed by atoms with E-state index in [-0.39, 0.29) is 18.4 Å². The van der Waals surface area contributed by atoms with Crippen LogP contribution in [-0.2, 0) is 9.53 Å². The van der Waals surface area contributed by atoms with Gasteiger partial charge in [-0.1, -0.05) is 0 Å². The SMILES string of the molecule is COC(=O)C(C)(C)[C@@H](N)c1cc(C)c(C)o1.Cl. The van der Waals surface area contributed by atoms with Crippen LogP contribution in [0.25, 0.3) is 0 Å². The maximum absolute atomic E-state index is 11.6. The van der Waals surface area contributed by atoms with Gasteiger partial charge in [0.15, 0.2) is 0 Å². The second-order valence-electron chi connectivity index (χ2n) is 4.58. The van der Waals surface area contributed by atoms with Crippen molar-refractivity contribution in [3.8, 4) is 0 Å². The Balaban J connectivity index is 0.00000256. The molecule has 0 unspecified atom stereocenters. The quantitative estimate of drug-likeness (QED) is 0.849. The number of ether oxygens (including phenoxy) is 1. The first-order valence-corrected chi connectivity index (χ1v) is 5.21. The molecule has 1 aromatic rings. The first-order chi connectivity index (χ1) is 7.30. The molecular formula is C12H20ClNO3. The lowest BCUT2D eigenvalue weighted by molar-refractivity contribution is -0.152. The number of hydrogen-bond donors (Lipinski definition) is 1. The molecular weight excluding hydrogens is 242 g/mol. The number of nitrogens with two attached hydrogens (primary N) is 1. The molecule has 5 heteroatoms. The van der Waals surface area contributed by atoms with Gasteiger partial charge in [0, 0.05) is 0 Å². The molecule has 4 nitrogen and oxygen atoms in total. The predicted molar refractivity (Wildman–Crippen MR) is 68.2 cm³/mol. The molecule has 0 aliphatic carbocycles. The van der Waals surface area contributed by atoms with Gasteiger partial charge in [-0.3, -0.25) is 4.79 Å². The van der Waals surface area contributed by atoms with Crippen molar-refractivity contribution in [3.63, 3.8) is 0 Å². The van der Waals surface area contributed by atoms with Crippen LogP contribution in [0, 0.1) is 19.3 Å². The standard InChI is InChI=1S/C12H19NO3.ClH/c1-7-6-9(16-8(7)2)10(13)12(3,4)11(14)15-5;/h6,10H,13H2,1-5H3;1H/t10-;/m0./s1. The highest BCUT2D eigenvalue weighted by atomic mass is 35.5. The van der Waals surface area contributed by atoms with E-state index < -0.39 is 11.5 Å². The Morgan fingerprint density at radius 3 is 2.35 bits per heavy atom. The highest BCUT2D eigenvalue weighted by molar-refractivity contribution is 5.85. The number of halogens is 1. The van der Waals surface area contributed by atoms with Gasteiger partial charge in [0.1, 0.15) is 11.5 Å². The third-order valence-electron chi connectivity index (χ3n) is 2.98. The highest BCUT2D eigenvalue weighted by Crippen LogP contribution is 2.34. The summed E-state index contributed by atoms with van der Waals surface area (Å²) < 4.78 is 10.3. The van der Waals surface area contributed by atoms with Crippen molar-refractivity contribution < 1.29 is 13.9 Å². The number of methoxy groups -OCH3 is 1. The Kier molecular flexibility index (Phi) is 5.23. The number of aryl methyl sites for hydroxylation is 2. The van der Waals surface area contributed by atoms with E-state index in [2.05, 4.69) is 0 Å². The fourth-order valence-corrected chi connectivity index (χ4v) is 1.50. The minimum absolute atomic E-state index is 0. The largest absolute Gasteiger partial charge is 0.469 e. The van der Waals surface area contributed by atoms with Crippen molar-refractivity contribution in [2.45, 2.75) is 33.7 Å². The van der Waals surface area contributed by atoms with Crippen LogP contribution in [0.4, 0.5) is 0 Å². The second-order valence-corrected chi connectivity index (χ2v) is 4.58. The third kappa shape index (κ3) is 3.01. The molecule has 98 valence electrons. The Labute approximate surface area is 108 Å². The van der Waals surface area contributed by atoms with Gasteiger partial charge in [-0.25, -0.2) is 0 Å². The van der Waals surface area contributed by atoms with Crippen LogP contribution < -0.4 is 5.73 Å². The number of hydrogen-bond acceptors (Lipinski definition) is 4. The van der Waals surface area contributed by atoms with E-state index in [0.717, 1.165) is 11.3 Å². The van der Waals surface area contributed by atoms with Gasteiger partial charge in [0.05, 0.1) is 18.6 Å². The van der Waals surface area contributed by atoms with Crippen molar-refractivity contribution in [1.82, 2.24) is 0 Å². The van der Waals surface area contributed by atoms with Crippen LogP contribution in [0.2, 0.25) is 0 Å². The Hall–Kier alpha value is -1.00. The molecule has 1 rings (SSSR count). The fraction of sp³-hybridized carbons (Fsp3) is 0.583. The first-order valence-electron chi connectivity index (χ1n) is 5.21. The molecule has 1 heterocycles. The summed E-state index contributed by atoms with van der Waals surface area (Å²) in [6.07, 6.45) is 0. The monoisotopic (exact) mass is 261 g/mol. The topological polar surface area (TPSA) is 65.5 Å². The predicted octanol–water partition coefficient (Wildman–Crippen LogP) is 2.52. The Morgan fingerprint density at radius 2 is 2.00 bits per heavy atom. The summed E-state index contributed by atoms with van der Waals surface area (Å²) in [5.41, 5.74) is 6.27. The molecule has 0 spiro atoms. The first kappa shape index (κ1) is 16.0. The summed E-state index contributed by atoms with van der Waals surface area (Å²) >= 11 is 0. The van der Waals surface area contributed by atoms with Crippen molar-refractivity contribution in [3.05, 3.63) is 23.2 Å². The van der Waals surface area contributed by atoms with E-state index in [1.807, 2.05) is 19.9 Å². The fourth-order valence-electron chi connectivity index (χ4n) is 1.50. The Morgan fingerprint density at radius 1 is 1.47 bits per heavy atom. The lowest BCUT2D eigenvalue weighted by atomic mass is 9.83. The molecule has 0 aliphatic rings. The minimum atomic E-state index is -0.800. The van der Waals surface area contributed by atoms with Crippen LogP contribution >= 0.6 is 12.4 Å². The van der Waals surface area contributed by atoms with Crippen LogP contribution in [0.15, 0.2) is 10.5 Å². The average Bonchev–Trinajstić information content (AvgIpc) is 2.56. The van der Waals surface area contributed by atoms with E-state index in [1.165, 1.54) is 7.11 Å². The van der Waals surface area contributed by atoms with Gasteiger partial charge in [-0.05, 0) is 39.3 Å². The zero-order chi connectivity index (χ0) is 12.5. The Bertz CT molecular complexity index is 379. The van der Waals surface area contributed by atoms with Gasteiger partial charge in [0.2, 0.25) is 0 Å². The summed E-state index contributed by atoms with van der Waals surface area (Å²) in [6, 6.07) is 1.36. The number of carbonyl (C=O) groups is 1. The maximum Gasteiger partial charge on any atom is 0.313 e. The van der Waals surface area contributed by atoms with Crippen molar-refractivity contribution >= 4 is 18.4 Å². The lowest BCUT2D eigenvalue weighted by Crippen LogP contribution is -2.37. The number of carbonyl (C=O) groups excluding carboxylic acids is 1. The lowest BCUT2D eigenvalue weighted by Gasteiger charge is -2.26. The molecule has 2 N–H and O–H groups in total. The van der Waals surface area contributed by atoms with Crippen molar-refractivity contribution in [2.24, 2.45) is 11.1 Å². The summed E-state index contributed by atoms with van der Waals surface area (Å²) in [5.74, 6) is 1.10. The summed E-state index contributed by atoms with van der Waals surface area (Å²) in [6.45, 7) is 7.31. The molecule has 1 aromatic heterocycles. The molecule has 0 fully saturated rings. The molecule has 17 heavy (non-hydrogen) atoms. The zero-order valence-electron chi connectivity index (χ0n) is 10.9. The van der Waals surface area contributed by atoms with Gasteiger partial charge in [-0.2, -0.15) is 0 Å². The molecule has 0 saturated heterocycles. The van der Waals surface area contributed by atoms with E-state index in [9.17, 15) is 4.79 Å². The number of rotatable bonds is 3. The summed E-state index contributed by atoms with van der Waals surface area (Å²) in [4.78, 5) is 11.6. The van der Waals surface area contributed by atoms with E-state index in [0.29, 0.717) is 5.76 Å². The molecule has 0 aromatic carbocycles. The molecule has 0 saturated carbocycles. The maximum atomic E-state index is 11.6. The summed E-state index contributed by atoms with van der Waals surface area (Å²) in [7, 11) is 1.36. The normalized spacial score (nSPS) is 12.8. The summed E-state index contributed by atoms with van der Waals surface area (Å²) in [5, 5.41) is 0. The van der Waals surface area contributed by atoms with Crippen LogP contribution in [-0.4, -0.2) is 13.1 Å². The smallest absolute Gasteiger partial charge is 0.313 e. The molecule has 1 atom stereocenters. The zero-order valence-corrected chi connectivity index (χ0v) is 11.7. The van der Waals surface area contributed by atoms with E-state index in [1.54, 1.807) is 13.8 Å². The second kappa shape index (κ2) is 5.56. The molecule has 0 aliphatic heterocycles. The van der Waals surface area contributed by atoms with Gasteiger partial charge in [-0.15, -0.1) is 12.4 Å². The molecule has 0 amide bonds. The molecule has 0 radical (unpaired) electrons. The van der Waals surface area contributed by atoms with Crippen LogP contribution in [0.3, 0.4) is 0 Å². The van der Waals surface area contributed by atoms with Gasteiger partial charge in [0.25, 0.3) is 0 Å². The van der Waals surface area contributed by atoms with E-state index in [4.69, 9.17) is 14.9 Å². The third-order valence-corrected chi connectivity index (χ3v) is 2.98.